The second-order valence-electron chi connectivity index (χ2n) is 17.9. The van der Waals surface area contributed by atoms with Crippen molar-refractivity contribution in [2.24, 2.45) is 0 Å². The fourth-order valence-electron chi connectivity index (χ4n) is 11.1. The number of furan rings is 1. The van der Waals surface area contributed by atoms with Gasteiger partial charge in [-0.15, -0.1) is 0 Å². The Bertz CT molecular complexity index is 4490. The molecule has 326 valence electrons. The largest absolute Gasteiger partial charge is 0.455 e. The van der Waals surface area contributed by atoms with E-state index in [9.17, 15) is 0 Å². The van der Waals surface area contributed by atoms with Gasteiger partial charge in [0, 0.05) is 59.9 Å². The highest BCUT2D eigenvalue weighted by molar-refractivity contribution is 6.19. The van der Waals surface area contributed by atoms with Crippen molar-refractivity contribution in [3.63, 3.8) is 0 Å². The van der Waals surface area contributed by atoms with Crippen molar-refractivity contribution in [2.45, 2.75) is 0 Å². The van der Waals surface area contributed by atoms with Gasteiger partial charge < -0.3 is 18.1 Å². The van der Waals surface area contributed by atoms with Gasteiger partial charge in [0.1, 0.15) is 11.2 Å². The molecule has 10 aromatic carbocycles. The molecule has 0 saturated carbocycles. The lowest BCUT2D eigenvalue weighted by atomic mass is 10.1. The first-order chi connectivity index (χ1) is 34.7. The lowest BCUT2D eigenvalue weighted by molar-refractivity contribution is 0.669. The van der Waals surface area contributed by atoms with Crippen LogP contribution in [0.5, 0.6) is 0 Å². The molecule has 5 heterocycles. The van der Waals surface area contributed by atoms with Crippen LogP contribution in [0.15, 0.2) is 235 Å². The highest BCUT2D eigenvalue weighted by Crippen LogP contribution is 2.44. The first-order valence-corrected chi connectivity index (χ1v) is 23.6. The summed E-state index contributed by atoms with van der Waals surface area (Å²) in [6, 6.07) is 81.6. The van der Waals surface area contributed by atoms with E-state index >= 15 is 0 Å². The minimum atomic E-state index is 0.549. The number of hydrogen-bond donors (Lipinski definition) is 0. The molecular formula is C63H38N6O. The van der Waals surface area contributed by atoms with Gasteiger partial charge in [0.15, 0.2) is 17.5 Å². The van der Waals surface area contributed by atoms with E-state index in [1.807, 2.05) is 60.7 Å². The molecule has 0 bridgehead atoms. The lowest BCUT2D eigenvalue weighted by Gasteiger charge is -2.15. The smallest absolute Gasteiger partial charge is 0.167 e. The van der Waals surface area contributed by atoms with Crippen LogP contribution < -0.4 is 0 Å². The van der Waals surface area contributed by atoms with Crippen LogP contribution in [0.1, 0.15) is 0 Å². The van der Waals surface area contributed by atoms with E-state index in [1.54, 1.807) is 0 Å². The van der Waals surface area contributed by atoms with Gasteiger partial charge in [-0.3, -0.25) is 0 Å². The van der Waals surface area contributed by atoms with Gasteiger partial charge in [0.2, 0.25) is 0 Å². The number of aromatic nitrogens is 6. The zero-order chi connectivity index (χ0) is 45.9. The Labute approximate surface area is 400 Å². The molecule has 15 aromatic rings. The first-order valence-electron chi connectivity index (χ1n) is 23.6. The highest BCUT2D eigenvalue weighted by atomic mass is 16.3. The second-order valence-corrected chi connectivity index (χ2v) is 17.9. The SMILES string of the molecule is c1ccc(-c2nc(-c3ccc(-n4c5cccc(-n6c7ccccc7c7ccccc76)c5c5cccc(-n6c7ccccc7c7ccccc76)c54)cc3)nc(-c3cccc4c3oc3ccccc34)n2)cc1. The Morgan fingerprint density at radius 3 is 1.40 bits per heavy atom. The number of rotatable bonds is 6. The summed E-state index contributed by atoms with van der Waals surface area (Å²) in [6.07, 6.45) is 0. The number of benzene rings is 10. The monoisotopic (exact) mass is 894 g/mol. The topological polar surface area (TPSA) is 66.6 Å². The summed E-state index contributed by atoms with van der Waals surface area (Å²) in [5, 5.41) is 9.30. The molecule has 0 spiro atoms. The Balaban J connectivity index is 0.982. The molecule has 7 heteroatoms. The first kappa shape index (κ1) is 38.5. The molecule has 0 amide bonds. The van der Waals surface area contributed by atoms with Crippen molar-refractivity contribution >= 4 is 87.4 Å². The third-order valence-corrected chi connectivity index (χ3v) is 14.1. The number of nitrogens with zero attached hydrogens (tertiary/aromatic N) is 6. The predicted octanol–water partition coefficient (Wildman–Crippen LogP) is 16.1. The molecule has 70 heavy (non-hydrogen) atoms. The van der Waals surface area contributed by atoms with E-state index < -0.39 is 0 Å². The standard InChI is InChI=1S/C63H38N6O/c1-2-17-39(18-3-1)61-64-62(66-63(65-61)49-26-14-24-47-46-23-8-13-34-57(46)70-60(47)49)40-35-37-41(38-36-40)67-54-31-16-32-55(68-50-27-9-4-19-42(50)43-20-5-10-28-51(43)68)58(54)48-25-15-33-56(59(48)67)69-52-29-11-6-21-44(52)45-22-7-12-30-53(45)69/h1-38H. The van der Waals surface area contributed by atoms with Gasteiger partial charge in [-0.1, -0.05) is 152 Å². The van der Waals surface area contributed by atoms with Gasteiger partial charge in [0.05, 0.1) is 50.0 Å². The average Bonchev–Trinajstić information content (AvgIpc) is 4.18. The summed E-state index contributed by atoms with van der Waals surface area (Å²) in [6.45, 7) is 0. The van der Waals surface area contributed by atoms with Crippen LogP contribution in [-0.2, 0) is 0 Å². The molecule has 7 nitrogen and oxygen atoms in total. The Hall–Kier alpha value is -9.59. The predicted molar refractivity (Wildman–Crippen MR) is 286 cm³/mol. The van der Waals surface area contributed by atoms with Crippen LogP contribution in [0.2, 0.25) is 0 Å². The third kappa shape index (κ3) is 5.60. The Morgan fingerprint density at radius 2 is 0.757 bits per heavy atom. The van der Waals surface area contributed by atoms with Crippen LogP contribution >= 0.6 is 0 Å². The molecule has 0 aliphatic rings. The second kappa shape index (κ2) is 15.0. The zero-order valence-corrected chi connectivity index (χ0v) is 37.5. The highest BCUT2D eigenvalue weighted by Gasteiger charge is 2.24. The van der Waals surface area contributed by atoms with Crippen LogP contribution in [0.3, 0.4) is 0 Å². The van der Waals surface area contributed by atoms with E-state index in [4.69, 9.17) is 19.4 Å². The van der Waals surface area contributed by atoms with E-state index in [2.05, 4.69) is 184 Å². The summed E-state index contributed by atoms with van der Waals surface area (Å²) in [7, 11) is 0. The molecular weight excluding hydrogens is 857 g/mol. The van der Waals surface area contributed by atoms with E-state index in [1.165, 1.54) is 38.0 Å². The van der Waals surface area contributed by atoms with Crippen molar-refractivity contribution in [1.29, 1.82) is 0 Å². The Kier molecular flexibility index (Phi) is 8.23. The summed E-state index contributed by atoms with van der Waals surface area (Å²) in [4.78, 5) is 15.5. The molecule has 0 unspecified atom stereocenters. The quantitative estimate of drug-likeness (QED) is 0.167. The maximum absolute atomic E-state index is 6.51. The molecule has 0 aliphatic heterocycles. The van der Waals surface area contributed by atoms with Gasteiger partial charge >= 0.3 is 0 Å². The minimum Gasteiger partial charge on any atom is -0.455 e. The zero-order valence-electron chi connectivity index (χ0n) is 37.5. The fraction of sp³-hybridized carbons (Fsp3) is 0. The lowest BCUT2D eigenvalue weighted by Crippen LogP contribution is -2.02. The Morgan fingerprint density at radius 1 is 0.300 bits per heavy atom. The third-order valence-electron chi connectivity index (χ3n) is 14.1. The van der Waals surface area contributed by atoms with Crippen molar-refractivity contribution in [2.75, 3.05) is 0 Å². The van der Waals surface area contributed by atoms with Gasteiger partial charge in [-0.2, -0.15) is 0 Å². The van der Waals surface area contributed by atoms with Crippen LogP contribution in [0.4, 0.5) is 0 Å². The van der Waals surface area contributed by atoms with Gasteiger partial charge in [-0.05, 0) is 78.9 Å². The maximum Gasteiger partial charge on any atom is 0.167 e. The normalized spacial score (nSPS) is 12.0. The average molecular weight is 895 g/mol. The minimum absolute atomic E-state index is 0.549. The molecule has 0 N–H and O–H groups in total. The van der Waals surface area contributed by atoms with Crippen LogP contribution in [0, 0.1) is 0 Å². The van der Waals surface area contributed by atoms with Crippen molar-refractivity contribution in [1.82, 2.24) is 28.7 Å². The summed E-state index contributed by atoms with van der Waals surface area (Å²) < 4.78 is 13.8. The fourth-order valence-corrected chi connectivity index (χ4v) is 11.1. The number of fused-ring (bicyclic) bond motifs is 12. The molecule has 0 radical (unpaired) electrons. The molecule has 0 aliphatic carbocycles. The summed E-state index contributed by atoms with van der Waals surface area (Å²) in [5.74, 6) is 1.72. The van der Waals surface area contributed by atoms with E-state index in [0.717, 1.165) is 83.1 Å². The van der Waals surface area contributed by atoms with Gasteiger partial charge in [0.25, 0.3) is 0 Å². The summed E-state index contributed by atoms with van der Waals surface area (Å²) in [5.41, 5.74) is 14.3. The van der Waals surface area contributed by atoms with E-state index in [-0.39, 0.29) is 0 Å². The maximum atomic E-state index is 6.51. The van der Waals surface area contributed by atoms with Crippen LogP contribution in [-0.4, -0.2) is 28.7 Å². The molecule has 0 atom stereocenters. The number of para-hydroxylation sites is 7. The van der Waals surface area contributed by atoms with Gasteiger partial charge in [-0.25, -0.2) is 15.0 Å². The van der Waals surface area contributed by atoms with Crippen molar-refractivity contribution < 1.29 is 4.42 Å². The molecule has 15 rings (SSSR count). The van der Waals surface area contributed by atoms with Crippen molar-refractivity contribution in [3.8, 4) is 51.2 Å². The molecule has 5 aromatic heterocycles. The van der Waals surface area contributed by atoms with Crippen LogP contribution in [0.25, 0.3) is 139 Å². The molecule has 0 fully saturated rings. The van der Waals surface area contributed by atoms with E-state index in [0.29, 0.717) is 17.5 Å². The summed E-state index contributed by atoms with van der Waals surface area (Å²) >= 11 is 0. The number of hydrogen-bond acceptors (Lipinski definition) is 4. The van der Waals surface area contributed by atoms with Crippen molar-refractivity contribution in [3.05, 3.63) is 231 Å². The molecule has 0 saturated heterocycles.